The lowest BCUT2D eigenvalue weighted by Gasteiger charge is -2.29. The summed E-state index contributed by atoms with van der Waals surface area (Å²) in [6.07, 6.45) is 1.50. The van der Waals surface area contributed by atoms with Crippen LogP contribution in [0.5, 0.6) is 5.75 Å². The van der Waals surface area contributed by atoms with Gasteiger partial charge in [0.05, 0.1) is 16.2 Å². The second-order valence-electron chi connectivity index (χ2n) is 5.04. The number of fused-ring (bicyclic) bond motifs is 2. The summed E-state index contributed by atoms with van der Waals surface area (Å²) in [5, 5.41) is 0.700. The van der Waals surface area contributed by atoms with Gasteiger partial charge >= 0.3 is 0 Å². The van der Waals surface area contributed by atoms with Gasteiger partial charge in [-0.15, -0.1) is 0 Å². The number of hydrogen-bond donors (Lipinski definition) is 0. The molecule has 0 spiro atoms. The summed E-state index contributed by atoms with van der Waals surface area (Å²) in [5.74, 6) is -0.626. The predicted octanol–water partition coefficient (Wildman–Crippen LogP) is 4.46. The average Bonchev–Trinajstić information content (AvgIpc) is 2.57. The highest BCUT2D eigenvalue weighted by Crippen LogP contribution is 2.40. The average molecular weight is 346 g/mol. The Balaban J connectivity index is 1.75. The SMILES string of the molecule is O=C1C2=CN=C(c3ccccc3)SC2Oc2cc(Cl)c(F)cc21. The van der Waals surface area contributed by atoms with Crippen molar-refractivity contribution in [3.63, 3.8) is 0 Å². The van der Waals surface area contributed by atoms with Crippen LogP contribution in [0, 0.1) is 5.82 Å². The molecule has 1 atom stereocenters. The molecule has 23 heavy (non-hydrogen) atoms. The summed E-state index contributed by atoms with van der Waals surface area (Å²) in [7, 11) is 0. The minimum atomic E-state index is -0.640. The molecule has 2 aromatic carbocycles. The fraction of sp³-hybridized carbons (Fsp3) is 0.0588. The van der Waals surface area contributed by atoms with Crippen LogP contribution < -0.4 is 4.74 Å². The van der Waals surface area contributed by atoms with Gasteiger partial charge in [-0.05, 0) is 6.07 Å². The molecule has 2 aliphatic heterocycles. The van der Waals surface area contributed by atoms with Crippen molar-refractivity contribution in [2.75, 3.05) is 0 Å². The largest absolute Gasteiger partial charge is 0.474 e. The first-order valence-electron chi connectivity index (χ1n) is 6.84. The molecule has 3 nitrogen and oxygen atoms in total. The van der Waals surface area contributed by atoms with Crippen molar-refractivity contribution in [1.29, 1.82) is 0 Å². The van der Waals surface area contributed by atoms with Gasteiger partial charge in [0.15, 0.2) is 11.2 Å². The lowest BCUT2D eigenvalue weighted by molar-refractivity contribution is 0.0990. The van der Waals surface area contributed by atoms with Gasteiger partial charge in [-0.1, -0.05) is 53.7 Å². The minimum Gasteiger partial charge on any atom is -0.474 e. The Kier molecular flexibility index (Phi) is 3.47. The zero-order valence-electron chi connectivity index (χ0n) is 11.6. The maximum atomic E-state index is 13.6. The van der Waals surface area contributed by atoms with Crippen molar-refractivity contribution >= 4 is 34.2 Å². The summed E-state index contributed by atoms with van der Waals surface area (Å²) in [4.78, 5) is 16.9. The smallest absolute Gasteiger partial charge is 0.199 e. The number of aliphatic imine (C=N–C) groups is 1. The van der Waals surface area contributed by atoms with E-state index in [0.717, 1.165) is 16.7 Å². The Labute approximate surface area is 140 Å². The number of carbonyl (C=O) groups is 1. The summed E-state index contributed by atoms with van der Waals surface area (Å²) in [5.41, 5.74) is 1.02. The quantitative estimate of drug-likeness (QED) is 0.766. The number of thioether (sulfide) groups is 1. The van der Waals surface area contributed by atoms with Crippen LogP contribution in [0.1, 0.15) is 15.9 Å². The molecule has 6 heteroatoms. The zero-order valence-corrected chi connectivity index (χ0v) is 13.2. The number of carbonyl (C=O) groups excluding carboxylic acids is 1. The minimum absolute atomic E-state index is 0.0678. The molecule has 0 saturated carbocycles. The Bertz CT molecular complexity index is 880. The molecule has 0 fully saturated rings. The molecule has 0 bridgehead atoms. The Hall–Kier alpha value is -2.11. The molecule has 0 aliphatic carbocycles. The van der Waals surface area contributed by atoms with Gasteiger partial charge in [-0.25, -0.2) is 9.38 Å². The number of ketones is 1. The van der Waals surface area contributed by atoms with Gasteiger partial charge in [-0.2, -0.15) is 0 Å². The van der Waals surface area contributed by atoms with Gasteiger partial charge in [0.1, 0.15) is 16.6 Å². The van der Waals surface area contributed by atoms with Crippen LogP contribution in [0.4, 0.5) is 4.39 Å². The first-order chi connectivity index (χ1) is 11.1. The molecular formula is C17H9ClFNO2S. The maximum Gasteiger partial charge on any atom is 0.199 e. The van der Waals surface area contributed by atoms with Gasteiger partial charge in [0.25, 0.3) is 0 Å². The highest BCUT2D eigenvalue weighted by molar-refractivity contribution is 8.15. The molecule has 114 valence electrons. The van der Waals surface area contributed by atoms with E-state index in [2.05, 4.69) is 4.99 Å². The zero-order chi connectivity index (χ0) is 16.0. The highest BCUT2D eigenvalue weighted by Gasteiger charge is 2.36. The van der Waals surface area contributed by atoms with E-state index in [1.807, 2.05) is 30.3 Å². The summed E-state index contributed by atoms with van der Waals surface area (Å²) in [6.45, 7) is 0. The van der Waals surface area contributed by atoms with E-state index < -0.39 is 11.3 Å². The summed E-state index contributed by atoms with van der Waals surface area (Å²) in [6, 6.07) is 12.1. The molecule has 0 amide bonds. The molecule has 0 aromatic heterocycles. The van der Waals surface area contributed by atoms with Crippen molar-refractivity contribution in [3.8, 4) is 5.75 Å². The molecule has 0 radical (unpaired) electrons. The van der Waals surface area contributed by atoms with Gasteiger partial charge in [0.2, 0.25) is 0 Å². The van der Waals surface area contributed by atoms with Crippen LogP contribution in [0.2, 0.25) is 5.02 Å². The lowest BCUT2D eigenvalue weighted by Crippen LogP contribution is -2.30. The highest BCUT2D eigenvalue weighted by atomic mass is 35.5. The molecule has 1 unspecified atom stereocenters. The monoisotopic (exact) mass is 345 g/mol. The van der Waals surface area contributed by atoms with Crippen molar-refractivity contribution < 1.29 is 13.9 Å². The maximum absolute atomic E-state index is 13.6. The molecule has 0 saturated heterocycles. The van der Waals surface area contributed by atoms with Crippen molar-refractivity contribution in [1.82, 2.24) is 0 Å². The van der Waals surface area contributed by atoms with E-state index >= 15 is 0 Å². The Morgan fingerprint density at radius 1 is 1.22 bits per heavy atom. The normalized spacial score (nSPS) is 19.2. The lowest BCUT2D eigenvalue weighted by atomic mass is 10.0. The van der Waals surface area contributed by atoms with Gasteiger partial charge in [-0.3, -0.25) is 4.79 Å². The molecule has 2 aromatic rings. The van der Waals surface area contributed by atoms with Crippen molar-refractivity contribution in [2.24, 2.45) is 4.99 Å². The van der Waals surface area contributed by atoms with Crippen LogP contribution in [0.15, 0.2) is 59.2 Å². The fourth-order valence-electron chi connectivity index (χ4n) is 2.44. The predicted molar refractivity (Wildman–Crippen MR) is 88.8 cm³/mol. The van der Waals surface area contributed by atoms with E-state index in [1.165, 1.54) is 24.0 Å². The third-order valence-electron chi connectivity index (χ3n) is 3.58. The fourth-order valence-corrected chi connectivity index (χ4v) is 3.62. The van der Waals surface area contributed by atoms with Crippen LogP contribution in [-0.4, -0.2) is 16.3 Å². The van der Waals surface area contributed by atoms with E-state index in [9.17, 15) is 9.18 Å². The number of hydrogen-bond acceptors (Lipinski definition) is 4. The van der Waals surface area contributed by atoms with E-state index in [0.29, 0.717) is 11.3 Å². The molecule has 4 rings (SSSR count). The van der Waals surface area contributed by atoms with E-state index in [4.69, 9.17) is 16.3 Å². The van der Waals surface area contributed by atoms with Crippen molar-refractivity contribution in [2.45, 2.75) is 5.44 Å². The summed E-state index contributed by atoms with van der Waals surface area (Å²) < 4.78 is 19.4. The number of Topliss-reactive ketones (excluding diaryl/α,β-unsaturated/α-hetero) is 1. The van der Waals surface area contributed by atoms with E-state index in [-0.39, 0.29) is 16.4 Å². The number of ether oxygens (including phenoxy) is 1. The molecular weight excluding hydrogens is 337 g/mol. The van der Waals surface area contributed by atoms with Crippen LogP contribution in [-0.2, 0) is 0 Å². The number of rotatable bonds is 1. The second-order valence-corrected chi connectivity index (χ2v) is 6.50. The standard InChI is InChI=1S/C17H9ClFNO2S/c18-12-7-14-10(6-13(12)19)15(21)11-8-20-16(23-17(11)22-14)9-4-2-1-3-5-9/h1-8,17H. The first-order valence-corrected chi connectivity index (χ1v) is 8.09. The van der Waals surface area contributed by atoms with E-state index in [1.54, 1.807) is 0 Å². The van der Waals surface area contributed by atoms with Crippen molar-refractivity contribution in [3.05, 3.63) is 76.2 Å². The second kappa shape index (κ2) is 5.51. The summed E-state index contributed by atoms with van der Waals surface area (Å²) >= 11 is 7.13. The number of benzene rings is 2. The topological polar surface area (TPSA) is 38.7 Å². The van der Waals surface area contributed by atoms with Gasteiger partial charge in [0, 0.05) is 17.8 Å². The molecule has 2 aliphatic rings. The molecule has 2 heterocycles. The van der Waals surface area contributed by atoms with Crippen LogP contribution >= 0.6 is 23.4 Å². The molecule has 0 N–H and O–H groups in total. The van der Waals surface area contributed by atoms with Gasteiger partial charge < -0.3 is 4.74 Å². The van der Waals surface area contributed by atoms with Crippen LogP contribution in [0.25, 0.3) is 0 Å². The third-order valence-corrected chi connectivity index (χ3v) is 5.00. The number of nitrogens with zero attached hydrogens (tertiary/aromatic N) is 1. The first kappa shape index (κ1) is 14.5. The Morgan fingerprint density at radius 2 is 2.00 bits per heavy atom. The third kappa shape index (κ3) is 2.46. The van der Waals surface area contributed by atoms with Crippen LogP contribution in [0.3, 0.4) is 0 Å². The Morgan fingerprint density at radius 3 is 2.78 bits per heavy atom. The number of halogens is 2.